The van der Waals surface area contributed by atoms with Crippen molar-refractivity contribution in [3.8, 4) is 0 Å². The summed E-state index contributed by atoms with van der Waals surface area (Å²) < 4.78 is 24.6. The van der Waals surface area contributed by atoms with Crippen LogP contribution in [0.15, 0.2) is 24.3 Å². The molecule has 0 bridgehead atoms. The summed E-state index contributed by atoms with van der Waals surface area (Å²) in [6.07, 6.45) is 0.664. The van der Waals surface area contributed by atoms with Gasteiger partial charge in [0.25, 0.3) is 5.91 Å². The normalized spacial score (nSPS) is 17.2. The molecule has 0 unspecified atom stereocenters. The van der Waals surface area contributed by atoms with Crippen LogP contribution in [-0.4, -0.2) is 44.0 Å². The van der Waals surface area contributed by atoms with Crippen LogP contribution >= 0.6 is 12.4 Å². The van der Waals surface area contributed by atoms with E-state index < -0.39 is 10.0 Å². The summed E-state index contributed by atoms with van der Waals surface area (Å²) in [6.45, 7) is 1.63. The van der Waals surface area contributed by atoms with Gasteiger partial charge in [0.1, 0.15) is 0 Å². The monoisotopic (exact) mass is 333 g/mol. The van der Waals surface area contributed by atoms with Crippen LogP contribution in [0.5, 0.6) is 0 Å². The molecule has 1 aromatic carbocycles. The maximum atomic E-state index is 11.9. The summed E-state index contributed by atoms with van der Waals surface area (Å²) in [7, 11) is -3.09. The zero-order valence-electron chi connectivity index (χ0n) is 11.6. The van der Waals surface area contributed by atoms with E-state index in [0.717, 1.165) is 5.56 Å². The van der Waals surface area contributed by atoms with E-state index in [1.54, 1.807) is 24.3 Å². The van der Waals surface area contributed by atoms with Gasteiger partial charge in [0, 0.05) is 31.7 Å². The molecule has 0 spiro atoms. The molecule has 0 radical (unpaired) electrons. The number of benzene rings is 1. The largest absolute Gasteiger partial charge is 0.351 e. The minimum absolute atomic E-state index is 0. The van der Waals surface area contributed by atoms with E-state index in [1.807, 2.05) is 0 Å². The second-order valence-electron chi connectivity index (χ2n) is 4.73. The van der Waals surface area contributed by atoms with Crippen LogP contribution in [0, 0.1) is 0 Å². The third-order valence-electron chi connectivity index (χ3n) is 3.30. The molecule has 1 aliphatic heterocycles. The molecule has 1 amide bonds. The molecule has 1 heterocycles. The Morgan fingerprint density at radius 2 is 1.95 bits per heavy atom. The van der Waals surface area contributed by atoms with Crippen LogP contribution in [0.1, 0.15) is 22.3 Å². The van der Waals surface area contributed by atoms with Crippen molar-refractivity contribution < 1.29 is 13.2 Å². The standard InChI is InChI=1S/C13H19N3O3S.ClH/c14-10-11-2-4-12(5-3-11)13(17)15-6-8-16-7-1-9-20(16,18)19;/h2-5H,1,6-10,14H2,(H,15,17);1H. The highest BCUT2D eigenvalue weighted by atomic mass is 35.5. The first-order valence-corrected chi connectivity index (χ1v) is 8.19. The predicted molar refractivity (Wildman–Crippen MR) is 83.9 cm³/mol. The van der Waals surface area contributed by atoms with Gasteiger partial charge in [-0.2, -0.15) is 0 Å². The van der Waals surface area contributed by atoms with Gasteiger partial charge in [0.2, 0.25) is 10.0 Å². The first-order valence-electron chi connectivity index (χ1n) is 6.58. The van der Waals surface area contributed by atoms with E-state index >= 15 is 0 Å². The van der Waals surface area contributed by atoms with Crippen molar-refractivity contribution in [3.05, 3.63) is 35.4 Å². The highest BCUT2D eigenvalue weighted by Crippen LogP contribution is 2.11. The fourth-order valence-electron chi connectivity index (χ4n) is 2.13. The lowest BCUT2D eigenvalue weighted by atomic mass is 10.1. The van der Waals surface area contributed by atoms with Gasteiger partial charge in [-0.15, -0.1) is 12.4 Å². The summed E-state index contributed by atoms with van der Waals surface area (Å²) in [5.41, 5.74) is 7.00. The molecular formula is C13H20ClN3O3S. The highest BCUT2D eigenvalue weighted by Gasteiger charge is 2.27. The van der Waals surface area contributed by atoms with Gasteiger partial charge in [-0.1, -0.05) is 12.1 Å². The number of halogens is 1. The van der Waals surface area contributed by atoms with E-state index in [-0.39, 0.29) is 24.1 Å². The lowest BCUT2D eigenvalue weighted by Gasteiger charge is -2.14. The second-order valence-corrected chi connectivity index (χ2v) is 6.81. The molecule has 21 heavy (non-hydrogen) atoms. The molecule has 0 aromatic heterocycles. The molecule has 2 rings (SSSR count). The Kier molecular flexibility index (Phi) is 6.60. The fourth-order valence-corrected chi connectivity index (χ4v) is 3.66. The molecule has 1 aromatic rings. The SMILES string of the molecule is Cl.NCc1ccc(C(=O)NCCN2CCCS2(=O)=O)cc1. The van der Waals surface area contributed by atoms with Crippen LogP contribution in [0.4, 0.5) is 0 Å². The Hall–Kier alpha value is -1.15. The number of hydrogen-bond donors (Lipinski definition) is 2. The van der Waals surface area contributed by atoms with Crippen molar-refractivity contribution >= 4 is 28.3 Å². The summed E-state index contributed by atoms with van der Waals surface area (Å²) in [5.74, 6) is 0.00627. The number of amides is 1. The molecule has 8 heteroatoms. The number of rotatable bonds is 5. The van der Waals surface area contributed by atoms with E-state index in [0.29, 0.717) is 38.2 Å². The third kappa shape index (κ3) is 4.67. The van der Waals surface area contributed by atoms with Gasteiger partial charge >= 0.3 is 0 Å². The number of hydrogen-bond acceptors (Lipinski definition) is 4. The van der Waals surface area contributed by atoms with E-state index in [9.17, 15) is 13.2 Å². The number of carbonyl (C=O) groups is 1. The number of carbonyl (C=O) groups excluding carboxylic acids is 1. The zero-order valence-corrected chi connectivity index (χ0v) is 13.3. The Morgan fingerprint density at radius 3 is 2.48 bits per heavy atom. The molecular weight excluding hydrogens is 314 g/mol. The first-order chi connectivity index (χ1) is 9.53. The molecule has 1 aliphatic rings. The lowest BCUT2D eigenvalue weighted by molar-refractivity contribution is 0.0952. The average molecular weight is 334 g/mol. The van der Waals surface area contributed by atoms with E-state index in [2.05, 4.69) is 5.32 Å². The molecule has 1 saturated heterocycles. The molecule has 0 aliphatic carbocycles. The van der Waals surface area contributed by atoms with Gasteiger partial charge in [-0.25, -0.2) is 12.7 Å². The molecule has 3 N–H and O–H groups in total. The Labute approximate surface area is 131 Å². The van der Waals surface area contributed by atoms with Crippen molar-refractivity contribution in [1.82, 2.24) is 9.62 Å². The van der Waals surface area contributed by atoms with Crippen molar-refractivity contribution in [2.45, 2.75) is 13.0 Å². The molecule has 0 atom stereocenters. The van der Waals surface area contributed by atoms with Crippen LogP contribution < -0.4 is 11.1 Å². The lowest BCUT2D eigenvalue weighted by Crippen LogP contribution is -2.35. The van der Waals surface area contributed by atoms with Crippen LogP contribution in [0.2, 0.25) is 0 Å². The third-order valence-corrected chi connectivity index (χ3v) is 5.26. The minimum Gasteiger partial charge on any atom is -0.351 e. The van der Waals surface area contributed by atoms with Gasteiger partial charge in [0.15, 0.2) is 0 Å². The molecule has 118 valence electrons. The minimum atomic E-state index is -3.09. The summed E-state index contributed by atoms with van der Waals surface area (Å²) >= 11 is 0. The van der Waals surface area contributed by atoms with Crippen molar-refractivity contribution in [2.75, 3.05) is 25.4 Å². The zero-order chi connectivity index (χ0) is 14.6. The number of nitrogens with zero attached hydrogens (tertiary/aromatic N) is 1. The topological polar surface area (TPSA) is 92.5 Å². The first kappa shape index (κ1) is 17.9. The number of nitrogens with two attached hydrogens (primary N) is 1. The van der Waals surface area contributed by atoms with E-state index in [1.165, 1.54) is 4.31 Å². The average Bonchev–Trinajstić information content (AvgIpc) is 2.78. The van der Waals surface area contributed by atoms with Gasteiger partial charge in [-0.05, 0) is 24.1 Å². The van der Waals surface area contributed by atoms with Gasteiger partial charge in [0.05, 0.1) is 5.75 Å². The van der Waals surface area contributed by atoms with Crippen LogP contribution in [-0.2, 0) is 16.6 Å². The Balaban J connectivity index is 0.00000220. The van der Waals surface area contributed by atoms with Crippen molar-refractivity contribution in [3.63, 3.8) is 0 Å². The van der Waals surface area contributed by atoms with Gasteiger partial charge in [-0.3, -0.25) is 4.79 Å². The maximum absolute atomic E-state index is 11.9. The number of sulfonamides is 1. The number of nitrogens with one attached hydrogen (secondary N) is 1. The van der Waals surface area contributed by atoms with Gasteiger partial charge < -0.3 is 11.1 Å². The van der Waals surface area contributed by atoms with Crippen LogP contribution in [0.25, 0.3) is 0 Å². The Morgan fingerprint density at radius 1 is 1.29 bits per heavy atom. The summed E-state index contributed by atoms with van der Waals surface area (Å²) in [5, 5.41) is 2.72. The molecule has 6 nitrogen and oxygen atoms in total. The van der Waals surface area contributed by atoms with Crippen LogP contribution in [0.3, 0.4) is 0 Å². The Bertz CT molecular complexity index is 575. The molecule has 1 fully saturated rings. The summed E-state index contributed by atoms with van der Waals surface area (Å²) in [4.78, 5) is 11.9. The van der Waals surface area contributed by atoms with Crippen molar-refractivity contribution in [2.24, 2.45) is 5.73 Å². The van der Waals surface area contributed by atoms with E-state index in [4.69, 9.17) is 5.73 Å². The summed E-state index contributed by atoms with van der Waals surface area (Å²) in [6, 6.07) is 7.04. The maximum Gasteiger partial charge on any atom is 0.251 e. The van der Waals surface area contributed by atoms with Crippen molar-refractivity contribution in [1.29, 1.82) is 0 Å². The predicted octanol–water partition coefficient (Wildman–Crippen LogP) is 0.332. The second kappa shape index (κ2) is 7.74. The molecule has 0 saturated carbocycles. The smallest absolute Gasteiger partial charge is 0.251 e. The quantitative estimate of drug-likeness (QED) is 0.812. The fraction of sp³-hybridized carbons (Fsp3) is 0.462. The highest BCUT2D eigenvalue weighted by molar-refractivity contribution is 7.89.